The molecular formula is C18H28N2O3S. The average Bonchev–Trinajstić information content (AvgIpc) is 3.06. The smallest absolute Gasteiger partial charge is 0.251 e. The minimum Gasteiger partial charge on any atom is -0.352 e. The fourth-order valence-electron chi connectivity index (χ4n) is 2.78. The third kappa shape index (κ3) is 5.05. The predicted octanol–water partition coefficient (Wildman–Crippen LogP) is 3.03. The molecule has 0 spiro atoms. The van der Waals surface area contributed by atoms with Crippen LogP contribution in [-0.4, -0.2) is 38.3 Å². The van der Waals surface area contributed by atoms with Crippen LogP contribution in [0.1, 0.15) is 56.8 Å². The van der Waals surface area contributed by atoms with Crippen molar-refractivity contribution in [1.29, 1.82) is 0 Å². The number of carbonyl (C=O) groups is 1. The standard InChI is InChI=1S/C18H28N2O3S/c1-18(2,3)11-6-12-19-17(21)15-7-9-16(10-8-15)24(22,23)20-13-4-5-14-20/h7-10H,4-6,11-14H2,1-3H3,(H,19,21). The van der Waals surface area contributed by atoms with Gasteiger partial charge in [-0.15, -0.1) is 0 Å². The lowest BCUT2D eigenvalue weighted by Crippen LogP contribution is -2.28. The highest BCUT2D eigenvalue weighted by molar-refractivity contribution is 7.89. The maximum Gasteiger partial charge on any atom is 0.251 e. The van der Waals surface area contributed by atoms with Crippen LogP contribution in [0.3, 0.4) is 0 Å². The minimum atomic E-state index is -3.42. The number of nitrogens with zero attached hydrogens (tertiary/aromatic N) is 1. The Morgan fingerprint density at radius 1 is 1.12 bits per heavy atom. The third-order valence-corrected chi connectivity index (χ3v) is 6.12. The highest BCUT2D eigenvalue weighted by atomic mass is 32.2. The van der Waals surface area contributed by atoms with Crippen LogP contribution in [-0.2, 0) is 10.0 Å². The third-order valence-electron chi connectivity index (χ3n) is 4.21. The SMILES string of the molecule is CC(C)(C)CCCNC(=O)c1ccc(S(=O)(=O)N2CCCC2)cc1. The molecule has 1 aromatic carbocycles. The molecule has 2 rings (SSSR count). The molecule has 0 saturated carbocycles. The van der Waals surface area contributed by atoms with E-state index in [0.29, 0.717) is 25.2 Å². The lowest BCUT2D eigenvalue weighted by atomic mass is 9.91. The number of benzene rings is 1. The Kier molecular flexibility index (Phi) is 6.04. The first kappa shape index (κ1) is 18.9. The zero-order valence-corrected chi connectivity index (χ0v) is 15.7. The van der Waals surface area contributed by atoms with Crippen LogP contribution in [0.25, 0.3) is 0 Å². The van der Waals surface area contributed by atoms with Crippen molar-refractivity contribution in [2.75, 3.05) is 19.6 Å². The Morgan fingerprint density at radius 3 is 2.25 bits per heavy atom. The highest BCUT2D eigenvalue weighted by Crippen LogP contribution is 2.21. The number of carbonyl (C=O) groups excluding carboxylic acids is 1. The van der Waals surface area contributed by atoms with Crippen LogP contribution >= 0.6 is 0 Å². The average molecular weight is 353 g/mol. The second-order valence-corrected chi connectivity index (χ2v) is 9.49. The van der Waals surface area contributed by atoms with Gasteiger partial charge in [0.1, 0.15) is 0 Å². The van der Waals surface area contributed by atoms with Crippen LogP contribution < -0.4 is 5.32 Å². The van der Waals surface area contributed by atoms with Crippen LogP contribution in [0, 0.1) is 5.41 Å². The van der Waals surface area contributed by atoms with E-state index in [4.69, 9.17) is 0 Å². The number of hydrogen-bond acceptors (Lipinski definition) is 3. The van der Waals surface area contributed by atoms with Crippen molar-refractivity contribution in [2.24, 2.45) is 5.41 Å². The zero-order chi connectivity index (χ0) is 17.8. The van der Waals surface area contributed by atoms with Gasteiger partial charge in [-0.25, -0.2) is 8.42 Å². The van der Waals surface area contributed by atoms with Crippen LogP contribution in [0.2, 0.25) is 0 Å². The maximum atomic E-state index is 12.4. The van der Waals surface area contributed by atoms with Crippen molar-refractivity contribution in [3.8, 4) is 0 Å². The van der Waals surface area contributed by atoms with E-state index in [-0.39, 0.29) is 16.2 Å². The molecule has 1 saturated heterocycles. The number of amides is 1. The van der Waals surface area contributed by atoms with Gasteiger partial charge in [0, 0.05) is 25.2 Å². The summed E-state index contributed by atoms with van der Waals surface area (Å²) in [6.45, 7) is 8.32. The van der Waals surface area contributed by atoms with Gasteiger partial charge in [-0.3, -0.25) is 4.79 Å². The Labute approximate surface area is 145 Å². The molecule has 1 heterocycles. The Morgan fingerprint density at radius 2 is 1.71 bits per heavy atom. The van der Waals surface area contributed by atoms with Crippen molar-refractivity contribution in [3.63, 3.8) is 0 Å². The Hall–Kier alpha value is -1.40. The summed E-state index contributed by atoms with van der Waals surface area (Å²) in [4.78, 5) is 12.4. The topological polar surface area (TPSA) is 66.5 Å². The van der Waals surface area contributed by atoms with E-state index in [9.17, 15) is 13.2 Å². The quantitative estimate of drug-likeness (QED) is 0.800. The lowest BCUT2D eigenvalue weighted by molar-refractivity contribution is 0.0951. The van der Waals surface area contributed by atoms with E-state index >= 15 is 0 Å². The summed E-state index contributed by atoms with van der Waals surface area (Å²) in [6.07, 6.45) is 3.79. The minimum absolute atomic E-state index is 0.158. The molecule has 1 aromatic rings. The number of nitrogens with one attached hydrogen (secondary N) is 1. The van der Waals surface area contributed by atoms with Crippen molar-refractivity contribution in [2.45, 2.75) is 51.3 Å². The zero-order valence-electron chi connectivity index (χ0n) is 14.8. The molecule has 1 fully saturated rings. The van der Waals surface area contributed by atoms with Gasteiger partial charge in [-0.05, 0) is 55.4 Å². The Balaban J connectivity index is 1.92. The molecule has 0 bridgehead atoms. The van der Waals surface area contributed by atoms with Crippen molar-refractivity contribution < 1.29 is 13.2 Å². The van der Waals surface area contributed by atoms with Gasteiger partial charge in [0.05, 0.1) is 4.90 Å². The molecule has 0 radical (unpaired) electrons. The molecule has 1 N–H and O–H groups in total. The van der Waals surface area contributed by atoms with E-state index < -0.39 is 10.0 Å². The first-order valence-corrected chi connectivity index (χ1v) is 10.0. The fraction of sp³-hybridized carbons (Fsp3) is 0.611. The monoisotopic (exact) mass is 352 g/mol. The van der Waals surface area contributed by atoms with Crippen LogP contribution in [0.5, 0.6) is 0 Å². The molecule has 5 nitrogen and oxygen atoms in total. The van der Waals surface area contributed by atoms with Crippen LogP contribution in [0.15, 0.2) is 29.2 Å². The fourth-order valence-corrected chi connectivity index (χ4v) is 4.30. The van der Waals surface area contributed by atoms with Gasteiger partial charge in [0.2, 0.25) is 10.0 Å². The van der Waals surface area contributed by atoms with Gasteiger partial charge < -0.3 is 5.32 Å². The molecule has 0 atom stereocenters. The second-order valence-electron chi connectivity index (χ2n) is 7.56. The molecule has 6 heteroatoms. The summed E-state index contributed by atoms with van der Waals surface area (Å²) >= 11 is 0. The van der Waals surface area contributed by atoms with Crippen molar-refractivity contribution >= 4 is 15.9 Å². The van der Waals surface area contributed by atoms with Gasteiger partial charge >= 0.3 is 0 Å². The van der Waals surface area contributed by atoms with E-state index in [0.717, 1.165) is 25.7 Å². The van der Waals surface area contributed by atoms with Gasteiger partial charge in [0.15, 0.2) is 0 Å². The lowest BCUT2D eigenvalue weighted by Gasteiger charge is -2.17. The largest absolute Gasteiger partial charge is 0.352 e. The summed E-state index contributed by atoms with van der Waals surface area (Å²) in [5.74, 6) is -0.158. The number of rotatable bonds is 6. The molecule has 1 aliphatic rings. The normalized spacial score (nSPS) is 16.3. The molecule has 1 aliphatic heterocycles. The molecule has 0 aromatic heterocycles. The summed E-state index contributed by atoms with van der Waals surface area (Å²) in [6, 6.07) is 6.22. The summed E-state index contributed by atoms with van der Waals surface area (Å²) < 4.78 is 26.4. The molecular weight excluding hydrogens is 324 g/mol. The van der Waals surface area contributed by atoms with Gasteiger partial charge in [-0.1, -0.05) is 20.8 Å². The number of hydrogen-bond donors (Lipinski definition) is 1. The van der Waals surface area contributed by atoms with E-state index in [1.54, 1.807) is 12.1 Å². The molecule has 134 valence electrons. The van der Waals surface area contributed by atoms with Crippen molar-refractivity contribution in [1.82, 2.24) is 9.62 Å². The van der Waals surface area contributed by atoms with Crippen molar-refractivity contribution in [3.05, 3.63) is 29.8 Å². The van der Waals surface area contributed by atoms with Crippen LogP contribution in [0.4, 0.5) is 0 Å². The first-order valence-electron chi connectivity index (χ1n) is 8.59. The van der Waals surface area contributed by atoms with Gasteiger partial charge in [0.25, 0.3) is 5.91 Å². The van der Waals surface area contributed by atoms with E-state index in [1.165, 1.54) is 16.4 Å². The molecule has 0 aliphatic carbocycles. The second kappa shape index (κ2) is 7.66. The maximum absolute atomic E-state index is 12.4. The number of sulfonamides is 1. The van der Waals surface area contributed by atoms with Gasteiger partial charge in [-0.2, -0.15) is 4.31 Å². The molecule has 24 heavy (non-hydrogen) atoms. The Bertz CT molecular complexity index is 654. The summed E-state index contributed by atoms with van der Waals surface area (Å²) in [5, 5.41) is 2.89. The van der Waals surface area contributed by atoms with E-state index in [1.807, 2.05) is 0 Å². The summed E-state index contributed by atoms with van der Waals surface area (Å²) in [7, 11) is -3.42. The predicted molar refractivity (Wildman–Crippen MR) is 95.5 cm³/mol. The van der Waals surface area contributed by atoms with E-state index in [2.05, 4.69) is 26.1 Å². The highest BCUT2D eigenvalue weighted by Gasteiger charge is 2.27. The first-order chi connectivity index (χ1) is 11.2. The summed E-state index contributed by atoms with van der Waals surface area (Å²) in [5.41, 5.74) is 0.752. The molecule has 0 unspecified atom stereocenters. The molecule has 1 amide bonds.